The maximum atomic E-state index is 11.0. The van der Waals surface area contributed by atoms with Gasteiger partial charge in [-0.15, -0.1) is 0 Å². The van der Waals surface area contributed by atoms with Crippen LogP contribution in [0.4, 0.5) is 5.82 Å². The minimum Gasteiger partial charge on any atom is -0.368 e. The molecule has 0 aliphatic carbocycles. The van der Waals surface area contributed by atoms with Crippen LogP contribution < -0.4 is 10.6 Å². The van der Waals surface area contributed by atoms with Gasteiger partial charge in [-0.2, -0.15) is 5.26 Å². The van der Waals surface area contributed by atoms with Crippen LogP contribution in [0.25, 0.3) is 0 Å². The van der Waals surface area contributed by atoms with Crippen molar-refractivity contribution >= 4 is 11.7 Å². The number of anilines is 1. The molecule has 1 aromatic heterocycles. The van der Waals surface area contributed by atoms with Gasteiger partial charge in [-0.3, -0.25) is 4.79 Å². The second-order valence-corrected chi connectivity index (χ2v) is 3.67. The quantitative estimate of drug-likeness (QED) is 0.804. The summed E-state index contributed by atoms with van der Waals surface area (Å²) in [6.07, 6.45) is 1.59. The molecule has 16 heavy (non-hydrogen) atoms. The number of aromatic nitrogens is 1. The molecule has 0 spiro atoms. The van der Waals surface area contributed by atoms with Crippen molar-refractivity contribution in [2.45, 2.75) is 19.9 Å². The molecule has 1 rings (SSSR count). The molecule has 0 atom stereocenters. The van der Waals surface area contributed by atoms with E-state index in [1.54, 1.807) is 23.2 Å². The zero-order chi connectivity index (χ0) is 12.1. The van der Waals surface area contributed by atoms with Gasteiger partial charge in [0.1, 0.15) is 11.9 Å². The third-order valence-electron chi connectivity index (χ3n) is 2.13. The molecule has 0 fully saturated rings. The highest BCUT2D eigenvalue weighted by atomic mass is 16.1. The minimum absolute atomic E-state index is 0.0505. The van der Waals surface area contributed by atoms with E-state index in [0.29, 0.717) is 11.4 Å². The number of hydrogen-bond acceptors (Lipinski definition) is 4. The largest absolute Gasteiger partial charge is 0.368 e. The van der Waals surface area contributed by atoms with E-state index in [1.807, 2.05) is 19.9 Å². The molecular weight excluding hydrogens is 204 g/mol. The van der Waals surface area contributed by atoms with E-state index >= 15 is 0 Å². The second kappa shape index (κ2) is 5.12. The predicted octanol–water partition coefficient (Wildman–Crippen LogP) is 0.653. The fourth-order valence-corrected chi connectivity index (χ4v) is 1.38. The van der Waals surface area contributed by atoms with Gasteiger partial charge in [-0.05, 0) is 26.0 Å². The first-order valence-electron chi connectivity index (χ1n) is 4.96. The molecule has 0 unspecified atom stereocenters. The average molecular weight is 218 g/mol. The van der Waals surface area contributed by atoms with Crippen LogP contribution in [0.1, 0.15) is 19.4 Å². The lowest BCUT2D eigenvalue weighted by atomic mass is 10.2. The Bertz CT molecular complexity index is 422. The van der Waals surface area contributed by atoms with Crippen molar-refractivity contribution in [3.63, 3.8) is 0 Å². The summed E-state index contributed by atoms with van der Waals surface area (Å²) in [6.45, 7) is 3.89. The van der Waals surface area contributed by atoms with E-state index in [-0.39, 0.29) is 12.6 Å². The standard InChI is InChI=1S/C11H14N4O/c1-8(2)15(7-10(13)16)11-9(6-12)4-3-5-14-11/h3-5,8H,7H2,1-2H3,(H2,13,16). The number of pyridine rings is 1. The van der Waals surface area contributed by atoms with Crippen molar-refractivity contribution in [3.05, 3.63) is 23.9 Å². The summed E-state index contributed by atoms with van der Waals surface area (Å²) in [6, 6.07) is 5.45. The fraction of sp³-hybridized carbons (Fsp3) is 0.364. The molecule has 0 bridgehead atoms. The van der Waals surface area contributed by atoms with E-state index in [9.17, 15) is 4.79 Å². The molecule has 0 saturated carbocycles. The van der Waals surface area contributed by atoms with Gasteiger partial charge in [0.05, 0.1) is 12.1 Å². The molecule has 2 N–H and O–H groups in total. The number of rotatable bonds is 4. The van der Waals surface area contributed by atoms with Crippen molar-refractivity contribution in [3.8, 4) is 6.07 Å². The van der Waals surface area contributed by atoms with E-state index in [1.165, 1.54) is 0 Å². The Morgan fingerprint density at radius 1 is 1.69 bits per heavy atom. The maximum Gasteiger partial charge on any atom is 0.237 e. The Balaban J connectivity index is 3.11. The Kier molecular flexibility index (Phi) is 3.84. The summed E-state index contributed by atoms with van der Waals surface area (Å²) >= 11 is 0. The lowest BCUT2D eigenvalue weighted by Gasteiger charge is -2.26. The molecule has 1 amide bonds. The molecule has 0 aromatic carbocycles. The fourth-order valence-electron chi connectivity index (χ4n) is 1.38. The smallest absolute Gasteiger partial charge is 0.237 e. The topological polar surface area (TPSA) is 83.0 Å². The first-order chi connectivity index (χ1) is 7.56. The van der Waals surface area contributed by atoms with E-state index in [0.717, 1.165) is 0 Å². The first kappa shape index (κ1) is 12.0. The molecule has 0 radical (unpaired) electrons. The van der Waals surface area contributed by atoms with Crippen LogP contribution in [-0.2, 0) is 4.79 Å². The van der Waals surface area contributed by atoms with Gasteiger partial charge in [0, 0.05) is 12.2 Å². The summed E-state index contributed by atoms with van der Waals surface area (Å²) in [7, 11) is 0. The normalized spacial score (nSPS) is 9.88. The van der Waals surface area contributed by atoms with E-state index < -0.39 is 5.91 Å². The molecule has 0 aliphatic rings. The Hall–Kier alpha value is -2.09. The van der Waals surface area contributed by atoms with Crippen molar-refractivity contribution < 1.29 is 4.79 Å². The van der Waals surface area contributed by atoms with Crippen molar-refractivity contribution in [1.29, 1.82) is 5.26 Å². The first-order valence-corrected chi connectivity index (χ1v) is 4.96. The van der Waals surface area contributed by atoms with Crippen LogP contribution in [0.3, 0.4) is 0 Å². The van der Waals surface area contributed by atoms with Crippen LogP contribution in [0, 0.1) is 11.3 Å². The number of nitriles is 1. The Morgan fingerprint density at radius 2 is 2.38 bits per heavy atom. The van der Waals surface area contributed by atoms with Crippen LogP contribution >= 0.6 is 0 Å². The predicted molar refractivity (Wildman–Crippen MR) is 60.6 cm³/mol. The van der Waals surface area contributed by atoms with Gasteiger partial charge in [0.25, 0.3) is 0 Å². The molecule has 1 heterocycles. The molecule has 0 saturated heterocycles. The number of hydrogen-bond donors (Lipinski definition) is 1. The lowest BCUT2D eigenvalue weighted by molar-refractivity contribution is -0.116. The molecule has 0 aliphatic heterocycles. The van der Waals surface area contributed by atoms with Gasteiger partial charge >= 0.3 is 0 Å². The highest BCUT2D eigenvalue weighted by Gasteiger charge is 2.17. The van der Waals surface area contributed by atoms with Gasteiger partial charge in [0.2, 0.25) is 5.91 Å². The summed E-state index contributed by atoms with van der Waals surface area (Å²) in [5, 5.41) is 8.95. The zero-order valence-electron chi connectivity index (χ0n) is 9.34. The highest BCUT2D eigenvalue weighted by Crippen LogP contribution is 2.18. The SMILES string of the molecule is CC(C)N(CC(N)=O)c1ncccc1C#N. The lowest BCUT2D eigenvalue weighted by Crippen LogP contribution is -2.39. The summed E-state index contributed by atoms with van der Waals surface area (Å²) in [4.78, 5) is 16.8. The number of primary amides is 1. The van der Waals surface area contributed by atoms with Crippen LogP contribution in [0.15, 0.2) is 18.3 Å². The van der Waals surface area contributed by atoms with Crippen LogP contribution in [0.5, 0.6) is 0 Å². The molecule has 5 nitrogen and oxygen atoms in total. The van der Waals surface area contributed by atoms with Crippen molar-refractivity contribution in [2.24, 2.45) is 5.73 Å². The number of carbonyl (C=O) groups is 1. The average Bonchev–Trinajstić information content (AvgIpc) is 2.25. The Labute approximate surface area is 94.5 Å². The highest BCUT2D eigenvalue weighted by molar-refractivity contribution is 5.79. The Morgan fingerprint density at radius 3 is 2.88 bits per heavy atom. The van der Waals surface area contributed by atoms with Crippen LogP contribution in [0.2, 0.25) is 0 Å². The summed E-state index contributed by atoms with van der Waals surface area (Å²) in [5.41, 5.74) is 5.61. The maximum absolute atomic E-state index is 11.0. The van der Waals surface area contributed by atoms with E-state index in [4.69, 9.17) is 11.0 Å². The van der Waals surface area contributed by atoms with Gasteiger partial charge < -0.3 is 10.6 Å². The van der Waals surface area contributed by atoms with Gasteiger partial charge in [-0.25, -0.2) is 4.98 Å². The number of nitrogens with two attached hydrogens (primary N) is 1. The number of amides is 1. The summed E-state index contributed by atoms with van der Waals surface area (Å²) in [5.74, 6) is 0.0574. The van der Waals surface area contributed by atoms with Gasteiger partial charge in [0.15, 0.2) is 0 Å². The number of nitrogens with zero attached hydrogens (tertiary/aromatic N) is 3. The zero-order valence-corrected chi connectivity index (χ0v) is 9.34. The van der Waals surface area contributed by atoms with Gasteiger partial charge in [-0.1, -0.05) is 0 Å². The number of carbonyl (C=O) groups excluding carboxylic acids is 1. The monoisotopic (exact) mass is 218 g/mol. The molecular formula is C11H14N4O. The third-order valence-corrected chi connectivity index (χ3v) is 2.13. The second-order valence-electron chi connectivity index (χ2n) is 3.67. The van der Waals surface area contributed by atoms with Crippen molar-refractivity contribution in [1.82, 2.24) is 4.98 Å². The molecule has 84 valence electrons. The minimum atomic E-state index is -0.441. The van der Waals surface area contributed by atoms with E-state index in [2.05, 4.69) is 4.98 Å². The van der Waals surface area contributed by atoms with Crippen molar-refractivity contribution in [2.75, 3.05) is 11.4 Å². The summed E-state index contributed by atoms with van der Waals surface area (Å²) < 4.78 is 0. The molecule has 1 aromatic rings. The van der Waals surface area contributed by atoms with Crippen LogP contribution in [-0.4, -0.2) is 23.5 Å². The molecule has 5 heteroatoms. The third kappa shape index (κ3) is 2.70.